The first-order valence-electron chi connectivity index (χ1n) is 18.5. The molecule has 1 aliphatic heterocycles. The van der Waals surface area contributed by atoms with Crippen LogP contribution in [0.15, 0.2) is 30.4 Å². The van der Waals surface area contributed by atoms with Crippen LogP contribution in [0, 0.1) is 11.6 Å². The van der Waals surface area contributed by atoms with Gasteiger partial charge < -0.3 is 33.3 Å². The van der Waals surface area contributed by atoms with E-state index in [0.717, 1.165) is 16.2 Å². The van der Waals surface area contributed by atoms with Gasteiger partial charge in [-0.3, -0.25) is 33.7 Å². The fourth-order valence-corrected chi connectivity index (χ4v) is 7.03. The van der Waals surface area contributed by atoms with E-state index in [4.69, 9.17) is 28.4 Å². The van der Waals surface area contributed by atoms with Crippen molar-refractivity contribution < 1.29 is 66.0 Å². The lowest BCUT2D eigenvalue weighted by atomic mass is 10.1. The van der Waals surface area contributed by atoms with Gasteiger partial charge in [-0.25, -0.2) is 8.78 Å². The molecule has 0 N–H and O–H groups in total. The van der Waals surface area contributed by atoms with Crippen molar-refractivity contribution in [2.75, 3.05) is 34.0 Å². The van der Waals surface area contributed by atoms with Crippen LogP contribution in [0.3, 0.4) is 0 Å². The number of imide groups is 1. The number of nitrogens with zero attached hydrogens (tertiary/aromatic N) is 2. The molecule has 2 aromatic carbocycles. The van der Waals surface area contributed by atoms with Crippen molar-refractivity contribution in [2.24, 2.45) is 0 Å². The van der Waals surface area contributed by atoms with Crippen molar-refractivity contribution in [2.45, 2.75) is 91.5 Å². The number of ketones is 1. The molecule has 1 atom stereocenters. The summed E-state index contributed by atoms with van der Waals surface area (Å²) in [4.78, 5) is 76.0. The predicted octanol–water partition coefficient (Wildman–Crippen LogP) is 6.46. The highest BCUT2D eigenvalue weighted by Crippen LogP contribution is 2.41. The lowest BCUT2D eigenvalue weighted by Crippen LogP contribution is -2.36. The molecule has 0 unspecified atom stereocenters. The van der Waals surface area contributed by atoms with Crippen molar-refractivity contribution in [1.82, 2.24) is 9.80 Å². The van der Waals surface area contributed by atoms with Crippen LogP contribution >= 0.6 is 11.3 Å². The first-order valence-corrected chi connectivity index (χ1v) is 19.4. The van der Waals surface area contributed by atoms with E-state index in [1.54, 1.807) is 33.8 Å². The topological polar surface area (TPSA) is 164 Å². The number of rotatable bonds is 20. The number of carbonyl (C=O) groups is 6. The highest BCUT2D eigenvalue weighted by Gasteiger charge is 2.31. The zero-order valence-corrected chi connectivity index (χ0v) is 34.4. The normalized spacial score (nSPS) is 12.9. The molecule has 0 bridgehead atoms. The summed E-state index contributed by atoms with van der Waals surface area (Å²) in [5, 5.41) is 0.110. The molecule has 4 rings (SSSR count). The summed E-state index contributed by atoms with van der Waals surface area (Å²) in [7, 11) is 2.70. The number of benzene rings is 2. The largest absolute Gasteiger partial charge is 0.493 e. The van der Waals surface area contributed by atoms with Crippen LogP contribution in [0.4, 0.5) is 8.78 Å². The summed E-state index contributed by atoms with van der Waals surface area (Å²) >= 11 is 1.02. The third-order valence-corrected chi connectivity index (χ3v) is 9.77. The summed E-state index contributed by atoms with van der Waals surface area (Å²) in [5.74, 6) is -4.07. The maximum absolute atomic E-state index is 15.8. The Labute approximate surface area is 338 Å². The molecule has 0 saturated carbocycles. The second kappa shape index (κ2) is 20.2. The smallest absolute Gasteiger partial charge is 0.306 e. The molecule has 0 radical (unpaired) electrons. The van der Waals surface area contributed by atoms with Crippen LogP contribution in [-0.4, -0.2) is 91.4 Å². The number of esters is 2. The van der Waals surface area contributed by atoms with Crippen molar-refractivity contribution >= 4 is 57.4 Å². The molecular formula is C41H48F2N2O12S. The van der Waals surface area contributed by atoms with Gasteiger partial charge >= 0.3 is 11.9 Å². The highest BCUT2D eigenvalue weighted by molar-refractivity contribution is 7.20. The minimum absolute atomic E-state index is 0.00887. The number of thiophene rings is 1. The van der Waals surface area contributed by atoms with E-state index < -0.39 is 47.0 Å². The average Bonchev–Trinajstić information content (AvgIpc) is 3.81. The van der Waals surface area contributed by atoms with Gasteiger partial charge in [0.05, 0.1) is 51.7 Å². The van der Waals surface area contributed by atoms with Crippen LogP contribution in [0.1, 0.15) is 87.5 Å². The first kappa shape index (κ1) is 45.1. The molecule has 314 valence electrons. The Kier molecular flexibility index (Phi) is 15.7. The van der Waals surface area contributed by atoms with E-state index >= 15 is 8.78 Å². The molecule has 3 amide bonds. The summed E-state index contributed by atoms with van der Waals surface area (Å²) in [5.41, 5.74) is 0.157. The molecule has 0 spiro atoms. The fourth-order valence-electron chi connectivity index (χ4n) is 5.97. The Morgan fingerprint density at radius 1 is 0.897 bits per heavy atom. The molecular weight excluding hydrogens is 783 g/mol. The number of hydrogen-bond donors (Lipinski definition) is 0. The Hall–Kier alpha value is -5.58. The minimum atomic E-state index is -0.809. The zero-order chi connectivity index (χ0) is 42.7. The van der Waals surface area contributed by atoms with Crippen LogP contribution in [-0.2, 0) is 46.5 Å². The highest BCUT2D eigenvalue weighted by atomic mass is 32.1. The zero-order valence-electron chi connectivity index (χ0n) is 33.6. The second-order valence-corrected chi connectivity index (χ2v) is 15.4. The average molecular weight is 831 g/mol. The van der Waals surface area contributed by atoms with Crippen molar-refractivity contribution in [1.29, 1.82) is 0 Å². The lowest BCUT2D eigenvalue weighted by Gasteiger charge is -2.20. The van der Waals surface area contributed by atoms with Gasteiger partial charge in [0.25, 0.3) is 5.91 Å². The third kappa shape index (κ3) is 11.7. The van der Waals surface area contributed by atoms with Gasteiger partial charge in [0.2, 0.25) is 12.3 Å². The summed E-state index contributed by atoms with van der Waals surface area (Å²) in [6.45, 7) is 8.22. The maximum Gasteiger partial charge on any atom is 0.306 e. The number of ether oxygens (including phenoxy) is 6. The lowest BCUT2D eigenvalue weighted by molar-refractivity contribution is -0.156. The molecule has 3 aromatic rings. The fraction of sp³-hybridized carbons (Fsp3) is 0.463. The number of hydrogen-bond acceptors (Lipinski definition) is 13. The van der Waals surface area contributed by atoms with Gasteiger partial charge in [0.1, 0.15) is 11.7 Å². The Morgan fingerprint density at radius 2 is 1.53 bits per heavy atom. The Bertz CT molecular complexity index is 2060. The number of amides is 3. The van der Waals surface area contributed by atoms with Gasteiger partial charge in [-0.1, -0.05) is 6.08 Å². The van der Waals surface area contributed by atoms with Crippen LogP contribution in [0.25, 0.3) is 10.1 Å². The van der Waals surface area contributed by atoms with E-state index in [1.807, 2.05) is 0 Å². The SMILES string of the molecule is C/C=C\C(=O)N(C=O)C[C@H](C)OC(=O)CCC(=O)c1cc2c(F)c(OCCCOc3c(OC)cc4c(c3F)CN(C(=O)CCC(=O)OC(C)(C)C)C4)c(OC)cc2s1. The number of fused-ring (bicyclic) bond motifs is 2. The molecule has 58 heavy (non-hydrogen) atoms. The minimum Gasteiger partial charge on any atom is -0.493 e. The van der Waals surface area contributed by atoms with Crippen molar-refractivity contribution in [3.05, 3.63) is 58.0 Å². The van der Waals surface area contributed by atoms with Crippen LogP contribution < -0.4 is 18.9 Å². The number of carbonyl (C=O) groups excluding carboxylic acids is 6. The summed E-state index contributed by atoms with van der Waals surface area (Å²) in [6, 6.07) is 4.51. The monoisotopic (exact) mass is 830 g/mol. The van der Waals surface area contributed by atoms with Gasteiger partial charge in [0, 0.05) is 54.1 Å². The molecule has 2 heterocycles. The second-order valence-electron chi connectivity index (χ2n) is 14.3. The van der Waals surface area contributed by atoms with Crippen LogP contribution in [0.2, 0.25) is 0 Å². The van der Waals surface area contributed by atoms with Gasteiger partial charge in [-0.15, -0.1) is 11.3 Å². The Balaban J connectivity index is 1.31. The van der Waals surface area contributed by atoms with E-state index in [9.17, 15) is 28.8 Å². The van der Waals surface area contributed by atoms with E-state index in [0.29, 0.717) is 16.7 Å². The van der Waals surface area contributed by atoms with Crippen LogP contribution in [0.5, 0.6) is 23.0 Å². The number of allylic oxidation sites excluding steroid dienone is 1. The molecule has 1 aliphatic rings. The number of methoxy groups -OCH3 is 2. The standard InChI is InChI=1S/C41H48F2N2O12S/c1-8-10-33(48)45(23-46)20-24(2)56-35(50)13-11-28(47)32-18-26-31(58-32)19-30(53-7)40(37(26)42)55-16-9-15-54-39-29(52-6)17-25-21-44(22-27(25)38(39)43)34(49)12-14-36(51)57-41(3,4)5/h8,10,17-19,23-24H,9,11-16,20-22H2,1-7H3/b10-8-/t24-/m0/s1. The molecule has 0 saturated heterocycles. The van der Waals surface area contributed by atoms with E-state index in [1.165, 1.54) is 50.3 Å². The quantitative estimate of drug-likeness (QED) is 0.0402. The molecule has 0 aliphatic carbocycles. The van der Waals surface area contributed by atoms with Gasteiger partial charge in [0.15, 0.2) is 40.4 Å². The molecule has 17 heteroatoms. The van der Waals surface area contributed by atoms with Gasteiger partial charge in [-0.2, -0.15) is 0 Å². The number of Topliss-reactive ketones (excluding diaryl/α,β-unsaturated/α-hetero) is 1. The number of halogens is 2. The van der Waals surface area contributed by atoms with E-state index in [-0.39, 0.29) is 110 Å². The molecule has 14 nitrogen and oxygen atoms in total. The molecule has 0 fully saturated rings. The van der Waals surface area contributed by atoms with E-state index in [2.05, 4.69) is 0 Å². The van der Waals surface area contributed by atoms with Crippen molar-refractivity contribution in [3.63, 3.8) is 0 Å². The summed E-state index contributed by atoms with van der Waals surface area (Å²) in [6.07, 6.45) is 1.72. The van der Waals surface area contributed by atoms with Gasteiger partial charge in [-0.05, 0) is 58.4 Å². The van der Waals surface area contributed by atoms with Crippen molar-refractivity contribution in [3.8, 4) is 23.0 Å². The molecule has 1 aromatic heterocycles. The summed E-state index contributed by atoms with van der Waals surface area (Å²) < 4.78 is 64.7. The first-order chi connectivity index (χ1) is 27.5. The third-order valence-electron chi connectivity index (χ3n) is 8.65. The Morgan fingerprint density at radius 3 is 2.16 bits per heavy atom. The maximum atomic E-state index is 15.8. The predicted molar refractivity (Wildman–Crippen MR) is 208 cm³/mol.